The molecular weight excluding hydrogens is 216 g/mol. The molecule has 2 N–H and O–H groups in total. The van der Waals surface area contributed by atoms with Gasteiger partial charge in [-0.1, -0.05) is 0 Å². The minimum absolute atomic E-state index is 0.0113. The summed E-state index contributed by atoms with van der Waals surface area (Å²) in [5.74, 6) is -2.34. The molecule has 1 rings (SSSR count). The first kappa shape index (κ1) is 12.6. The minimum Gasteiger partial charge on any atom is -0.389 e. The van der Waals surface area contributed by atoms with E-state index < -0.39 is 23.1 Å². The highest BCUT2D eigenvalue weighted by Crippen LogP contribution is 2.09. The fourth-order valence-corrected chi connectivity index (χ4v) is 1.07. The lowest BCUT2D eigenvalue weighted by Gasteiger charge is -2.17. The molecule has 0 heterocycles. The van der Waals surface area contributed by atoms with E-state index in [4.69, 9.17) is 0 Å². The van der Waals surface area contributed by atoms with Gasteiger partial charge in [0.25, 0.3) is 5.91 Å². The van der Waals surface area contributed by atoms with Crippen molar-refractivity contribution < 1.29 is 18.7 Å². The first-order valence-corrected chi connectivity index (χ1v) is 4.75. The zero-order valence-electron chi connectivity index (χ0n) is 9.05. The van der Waals surface area contributed by atoms with Gasteiger partial charge in [0.1, 0.15) is 11.6 Å². The molecule has 0 aliphatic carbocycles. The van der Waals surface area contributed by atoms with Gasteiger partial charge in [-0.2, -0.15) is 0 Å². The lowest BCUT2D eigenvalue weighted by molar-refractivity contribution is 0.0692. The number of halogens is 2. The first-order valence-electron chi connectivity index (χ1n) is 4.75. The second-order valence-electron chi connectivity index (χ2n) is 4.12. The van der Waals surface area contributed by atoms with E-state index in [9.17, 15) is 18.7 Å². The van der Waals surface area contributed by atoms with Gasteiger partial charge in [0.2, 0.25) is 0 Å². The van der Waals surface area contributed by atoms with Gasteiger partial charge in [0.05, 0.1) is 11.2 Å². The van der Waals surface area contributed by atoms with Gasteiger partial charge in [0, 0.05) is 12.6 Å². The van der Waals surface area contributed by atoms with Crippen molar-refractivity contribution in [3.05, 3.63) is 35.4 Å². The maximum Gasteiger partial charge on any atom is 0.254 e. The Balaban J connectivity index is 2.74. The van der Waals surface area contributed by atoms with Crippen LogP contribution in [-0.2, 0) is 0 Å². The highest BCUT2D eigenvalue weighted by atomic mass is 19.1. The Bertz CT molecular complexity index is 399. The maximum absolute atomic E-state index is 13.2. The predicted octanol–water partition coefficient (Wildman–Crippen LogP) is 1.47. The molecule has 0 fully saturated rings. The SMILES string of the molecule is CC(C)(O)CNC(=O)c1ccc(F)cc1F. The zero-order chi connectivity index (χ0) is 12.3. The van der Waals surface area contributed by atoms with E-state index in [0.717, 1.165) is 12.1 Å². The Kier molecular flexibility index (Phi) is 3.59. The van der Waals surface area contributed by atoms with E-state index in [-0.39, 0.29) is 12.1 Å². The molecule has 16 heavy (non-hydrogen) atoms. The van der Waals surface area contributed by atoms with Crippen LogP contribution in [0.1, 0.15) is 24.2 Å². The van der Waals surface area contributed by atoms with Gasteiger partial charge in [-0.05, 0) is 26.0 Å². The fraction of sp³-hybridized carbons (Fsp3) is 0.364. The van der Waals surface area contributed by atoms with E-state index in [1.54, 1.807) is 0 Å². The third-order valence-electron chi connectivity index (χ3n) is 1.86. The van der Waals surface area contributed by atoms with Gasteiger partial charge >= 0.3 is 0 Å². The van der Waals surface area contributed by atoms with Crippen molar-refractivity contribution in [2.45, 2.75) is 19.4 Å². The Morgan fingerprint density at radius 3 is 2.56 bits per heavy atom. The Labute approximate surface area is 92.1 Å². The van der Waals surface area contributed by atoms with Crippen LogP contribution in [0, 0.1) is 11.6 Å². The minimum atomic E-state index is -1.08. The molecule has 0 aliphatic rings. The highest BCUT2D eigenvalue weighted by molar-refractivity contribution is 5.94. The molecule has 1 aromatic rings. The van der Waals surface area contributed by atoms with Crippen LogP contribution in [-0.4, -0.2) is 23.2 Å². The number of benzene rings is 1. The molecule has 3 nitrogen and oxygen atoms in total. The lowest BCUT2D eigenvalue weighted by Crippen LogP contribution is -2.38. The van der Waals surface area contributed by atoms with Crippen LogP contribution < -0.4 is 5.32 Å². The summed E-state index contributed by atoms with van der Waals surface area (Å²) >= 11 is 0. The molecule has 0 radical (unpaired) electrons. The molecule has 0 saturated carbocycles. The van der Waals surface area contributed by atoms with Crippen LogP contribution in [0.4, 0.5) is 8.78 Å². The van der Waals surface area contributed by atoms with Gasteiger partial charge in [-0.15, -0.1) is 0 Å². The lowest BCUT2D eigenvalue weighted by atomic mass is 10.1. The topological polar surface area (TPSA) is 49.3 Å². The summed E-state index contributed by atoms with van der Waals surface area (Å²) in [5.41, 5.74) is -1.32. The average Bonchev–Trinajstić information content (AvgIpc) is 2.13. The summed E-state index contributed by atoms with van der Waals surface area (Å²) in [7, 11) is 0. The molecule has 0 saturated heterocycles. The van der Waals surface area contributed by atoms with Crippen molar-refractivity contribution in [3.63, 3.8) is 0 Å². The summed E-state index contributed by atoms with van der Waals surface area (Å²) in [4.78, 5) is 11.4. The molecule has 0 atom stereocenters. The van der Waals surface area contributed by atoms with Crippen LogP contribution in [0.15, 0.2) is 18.2 Å². The number of hydrogen-bond acceptors (Lipinski definition) is 2. The van der Waals surface area contributed by atoms with Crippen molar-refractivity contribution in [1.82, 2.24) is 5.32 Å². The zero-order valence-corrected chi connectivity index (χ0v) is 9.05. The average molecular weight is 229 g/mol. The van der Waals surface area contributed by atoms with E-state index in [1.807, 2.05) is 0 Å². The van der Waals surface area contributed by atoms with Gasteiger partial charge in [-0.25, -0.2) is 8.78 Å². The number of aliphatic hydroxyl groups is 1. The number of nitrogens with one attached hydrogen (secondary N) is 1. The fourth-order valence-electron chi connectivity index (χ4n) is 1.07. The van der Waals surface area contributed by atoms with Gasteiger partial charge in [0.15, 0.2) is 0 Å². The summed E-state index contributed by atoms with van der Waals surface area (Å²) in [5, 5.41) is 11.7. The van der Waals surface area contributed by atoms with Crippen molar-refractivity contribution in [3.8, 4) is 0 Å². The summed E-state index contributed by atoms with van der Waals surface area (Å²) in [6, 6.07) is 2.70. The van der Waals surface area contributed by atoms with Crippen LogP contribution >= 0.6 is 0 Å². The molecule has 0 spiro atoms. The summed E-state index contributed by atoms with van der Waals surface area (Å²) in [6.45, 7) is 3.01. The van der Waals surface area contributed by atoms with E-state index in [2.05, 4.69) is 5.32 Å². The van der Waals surface area contributed by atoms with E-state index >= 15 is 0 Å². The monoisotopic (exact) mass is 229 g/mol. The van der Waals surface area contributed by atoms with Gasteiger partial charge < -0.3 is 10.4 Å². The summed E-state index contributed by atoms with van der Waals surface area (Å²) < 4.78 is 25.7. The molecule has 0 aromatic heterocycles. The molecule has 5 heteroatoms. The molecule has 0 unspecified atom stereocenters. The van der Waals surface area contributed by atoms with Crippen LogP contribution in [0.5, 0.6) is 0 Å². The quantitative estimate of drug-likeness (QED) is 0.824. The van der Waals surface area contributed by atoms with E-state index in [1.165, 1.54) is 13.8 Å². The van der Waals surface area contributed by atoms with E-state index in [0.29, 0.717) is 6.07 Å². The molecular formula is C11H13F2NO2. The largest absolute Gasteiger partial charge is 0.389 e. The second-order valence-corrected chi connectivity index (χ2v) is 4.12. The Hall–Kier alpha value is -1.49. The third-order valence-corrected chi connectivity index (χ3v) is 1.86. The van der Waals surface area contributed by atoms with Crippen molar-refractivity contribution >= 4 is 5.91 Å². The molecule has 1 aromatic carbocycles. The number of amides is 1. The first-order chi connectivity index (χ1) is 7.29. The smallest absolute Gasteiger partial charge is 0.254 e. The molecule has 88 valence electrons. The van der Waals surface area contributed by atoms with Crippen molar-refractivity contribution in [1.29, 1.82) is 0 Å². The van der Waals surface area contributed by atoms with Crippen LogP contribution in [0.25, 0.3) is 0 Å². The number of hydrogen-bond donors (Lipinski definition) is 2. The van der Waals surface area contributed by atoms with Crippen LogP contribution in [0.2, 0.25) is 0 Å². The van der Waals surface area contributed by atoms with Crippen molar-refractivity contribution in [2.24, 2.45) is 0 Å². The Morgan fingerprint density at radius 2 is 2.06 bits per heavy atom. The standard InChI is InChI=1S/C11H13F2NO2/c1-11(2,16)6-14-10(15)8-4-3-7(12)5-9(8)13/h3-5,16H,6H2,1-2H3,(H,14,15). The number of carbonyl (C=O) groups is 1. The maximum atomic E-state index is 13.2. The Morgan fingerprint density at radius 1 is 1.44 bits per heavy atom. The van der Waals surface area contributed by atoms with Crippen molar-refractivity contribution in [2.75, 3.05) is 6.54 Å². The number of carbonyl (C=O) groups excluding carboxylic acids is 1. The highest BCUT2D eigenvalue weighted by Gasteiger charge is 2.17. The molecule has 1 amide bonds. The molecule has 0 bridgehead atoms. The summed E-state index contributed by atoms with van der Waals surface area (Å²) in [6.07, 6.45) is 0. The normalized spacial score (nSPS) is 11.3. The third kappa shape index (κ3) is 3.58. The van der Waals surface area contributed by atoms with Gasteiger partial charge in [-0.3, -0.25) is 4.79 Å². The molecule has 0 aliphatic heterocycles. The predicted molar refractivity (Wildman–Crippen MR) is 55.0 cm³/mol. The number of rotatable bonds is 3. The second kappa shape index (κ2) is 4.57. The van der Waals surface area contributed by atoms with Crippen LogP contribution in [0.3, 0.4) is 0 Å².